The van der Waals surface area contributed by atoms with Crippen LogP contribution in [0.3, 0.4) is 0 Å². The molecule has 0 spiro atoms. The van der Waals surface area contributed by atoms with Gasteiger partial charge in [-0.15, -0.1) is 0 Å². The zero-order valence-electron chi connectivity index (χ0n) is 15.5. The third-order valence-corrected chi connectivity index (χ3v) is 6.74. The molecule has 1 aromatic carbocycles. The fourth-order valence-corrected chi connectivity index (χ4v) is 5.19. The van der Waals surface area contributed by atoms with E-state index in [1.54, 1.807) is 6.07 Å². The number of aromatic nitrogens is 2. The SMILES string of the molecule is COc1cc2c(=O)c3c(=O)[nH]sc3n(C3CC3)c2c(F)c1N1CCC(CN)C1. The zero-order valence-corrected chi connectivity index (χ0v) is 16.3. The Balaban J connectivity index is 1.87. The van der Waals surface area contributed by atoms with Gasteiger partial charge in [-0.1, -0.05) is 0 Å². The Bertz CT molecular complexity index is 1210. The maximum absolute atomic E-state index is 16.0. The third kappa shape index (κ3) is 2.42. The van der Waals surface area contributed by atoms with Crippen molar-refractivity contribution in [3.63, 3.8) is 0 Å². The van der Waals surface area contributed by atoms with Gasteiger partial charge in [0.05, 0.1) is 18.0 Å². The molecule has 3 aromatic rings. The fraction of sp³-hybridized carbons (Fsp3) is 0.474. The van der Waals surface area contributed by atoms with Crippen LogP contribution in [0.15, 0.2) is 15.7 Å². The molecule has 1 aliphatic heterocycles. The van der Waals surface area contributed by atoms with E-state index in [-0.39, 0.29) is 22.3 Å². The molecule has 5 rings (SSSR count). The molecule has 0 amide bonds. The van der Waals surface area contributed by atoms with Gasteiger partial charge >= 0.3 is 0 Å². The maximum Gasteiger partial charge on any atom is 0.271 e. The first-order valence-corrected chi connectivity index (χ1v) is 10.3. The summed E-state index contributed by atoms with van der Waals surface area (Å²) >= 11 is 1.10. The van der Waals surface area contributed by atoms with Crippen LogP contribution in [0.4, 0.5) is 10.1 Å². The summed E-state index contributed by atoms with van der Waals surface area (Å²) in [7, 11) is 1.47. The number of H-pyrrole nitrogens is 1. The highest BCUT2D eigenvalue weighted by molar-refractivity contribution is 7.12. The van der Waals surface area contributed by atoms with E-state index in [0.29, 0.717) is 41.8 Å². The van der Waals surface area contributed by atoms with Crippen LogP contribution in [0.1, 0.15) is 25.3 Å². The van der Waals surface area contributed by atoms with Crippen molar-refractivity contribution in [2.75, 3.05) is 31.6 Å². The van der Waals surface area contributed by atoms with Gasteiger partial charge in [-0.2, -0.15) is 0 Å². The number of anilines is 1. The number of benzene rings is 1. The van der Waals surface area contributed by atoms with Crippen molar-refractivity contribution in [3.8, 4) is 5.75 Å². The number of fused-ring (bicyclic) bond motifs is 2. The molecule has 1 saturated heterocycles. The molecular formula is C19H21FN4O3S. The quantitative estimate of drug-likeness (QED) is 0.695. The van der Waals surface area contributed by atoms with Crippen LogP contribution in [-0.2, 0) is 0 Å². The summed E-state index contributed by atoms with van der Waals surface area (Å²) in [6, 6.07) is 1.68. The molecule has 1 aliphatic carbocycles. The molecular weight excluding hydrogens is 383 g/mol. The number of hydrogen-bond donors (Lipinski definition) is 2. The number of aromatic amines is 1. The van der Waals surface area contributed by atoms with Crippen LogP contribution in [0, 0.1) is 11.7 Å². The lowest BCUT2D eigenvalue weighted by Crippen LogP contribution is -2.25. The summed E-state index contributed by atoms with van der Waals surface area (Å²) in [4.78, 5) is 27.7. The van der Waals surface area contributed by atoms with Gasteiger partial charge in [-0.05, 0) is 49.3 Å². The highest BCUT2D eigenvalue weighted by Crippen LogP contribution is 2.44. The first kappa shape index (κ1) is 17.7. The molecule has 0 radical (unpaired) electrons. The van der Waals surface area contributed by atoms with Gasteiger partial charge < -0.3 is 19.9 Å². The van der Waals surface area contributed by atoms with Gasteiger partial charge in [0.15, 0.2) is 5.82 Å². The van der Waals surface area contributed by atoms with Crippen molar-refractivity contribution in [1.29, 1.82) is 0 Å². The number of pyridine rings is 1. The molecule has 28 heavy (non-hydrogen) atoms. The normalized spacial score (nSPS) is 19.8. The number of rotatable bonds is 4. The number of methoxy groups -OCH3 is 1. The lowest BCUT2D eigenvalue weighted by Gasteiger charge is -2.24. The molecule has 3 N–H and O–H groups in total. The lowest BCUT2D eigenvalue weighted by atomic mass is 10.1. The van der Waals surface area contributed by atoms with Gasteiger partial charge in [0.1, 0.15) is 21.7 Å². The minimum atomic E-state index is -0.459. The van der Waals surface area contributed by atoms with Gasteiger partial charge in [0, 0.05) is 19.1 Å². The minimum absolute atomic E-state index is 0.1000. The van der Waals surface area contributed by atoms with Crippen molar-refractivity contribution in [2.45, 2.75) is 25.3 Å². The summed E-state index contributed by atoms with van der Waals surface area (Å²) in [5, 5.41) is 0.291. The Morgan fingerprint density at radius 2 is 2.14 bits per heavy atom. The summed E-state index contributed by atoms with van der Waals surface area (Å²) in [5.74, 6) is 0.162. The summed E-state index contributed by atoms with van der Waals surface area (Å²) < 4.78 is 25.9. The molecule has 1 atom stereocenters. The van der Waals surface area contributed by atoms with E-state index in [1.807, 2.05) is 9.47 Å². The van der Waals surface area contributed by atoms with Crippen LogP contribution >= 0.6 is 11.5 Å². The van der Waals surface area contributed by atoms with Crippen molar-refractivity contribution in [3.05, 3.63) is 32.5 Å². The molecule has 2 aliphatic rings. The second kappa shape index (κ2) is 6.31. The second-order valence-corrected chi connectivity index (χ2v) is 8.41. The topological polar surface area (TPSA) is 93.3 Å². The smallest absolute Gasteiger partial charge is 0.271 e. The molecule has 148 valence electrons. The van der Waals surface area contributed by atoms with Crippen molar-refractivity contribution >= 4 is 38.3 Å². The van der Waals surface area contributed by atoms with E-state index < -0.39 is 16.8 Å². The molecule has 2 aromatic heterocycles. The van der Waals surface area contributed by atoms with E-state index in [9.17, 15) is 9.59 Å². The Morgan fingerprint density at radius 1 is 1.36 bits per heavy atom. The van der Waals surface area contributed by atoms with E-state index in [2.05, 4.69) is 4.37 Å². The van der Waals surface area contributed by atoms with Crippen LogP contribution in [-0.4, -0.2) is 35.7 Å². The Labute approximate surface area is 163 Å². The summed E-state index contributed by atoms with van der Waals surface area (Å²) in [6.07, 6.45) is 2.70. The predicted octanol–water partition coefficient (Wildman–Crippen LogP) is 2.17. The first-order chi connectivity index (χ1) is 13.5. The van der Waals surface area contributed by atoms with Crippen molar-refractivity contribution < 1.29 is 9.13 Å². The molecule has 7 nitrogen and oxygen atoms in total. The highest BCUT2D eigenvalue weighted by atomic mass is 32.1. The fourth-order valence-electron chi connectivity index (χ4n) is 4.27. The molecule has 0 bridgehead atoms. The summed E-state index contributed by atoms with van der Waals surface area (Å²) in [6.45, 7) is 1.90. The Hall–Kier alpha value is -2.39. The highest BCUT2D eigenvalue weighted by Gasteiger charge is 2.33. The van der Waals surface area contributed by atoms with Crippen LogP contribution in [0.5, 0.6) is 5.75 Å². The number of ether oxygens (including phenoxy) is 1. The molecule has 1 saturated carbocycles. The van der Waals surface area contributed by atoms with Crippen molar-refractivity contribution in [1.82, 2.24) is 8.94 Å². The molecule has 2 fully saturated rings. The molecule has 1 unspecified atom stereocenters. The zero-order chi connectivity index (χ0) is 19.6. The Kier molecular flexibility index (Phi) is 3.99. The predicted molar refractivity (Wildman–Crippen MR) is 108 cm³/mol. The number of nitrogens with two attached hydrogens (primary N) is 1. The number of nitrogens with one attached hydrogen (secondary N) is 1. The number of halogens is 1. The van der Waals surface area contributed by atoms with Crippen LogP contribution in [0.2, 0.25) is 0 Å². The average Bonchev–Trinajstić information content (AvgIpc) is 3.29. The van der Waals surface area contributed by atoms with Crippen LogP contribution in [0.25, 0.3) is 21.1 Å². The second-order valence-electron chi connectivity index (χ2n) is 7.62. The van der Waals surface area contributed by atoms with Gasteiger partial charge in [-0.3, -0.25) is 14.0 Å². The van der Waals surface area contributed by atoms with Gasteiger partial charge in [0.25, 0.3) is 5.56 Å². The van der Waals surface area contributed by atoms with E-state index in [4.69, 9.17) is 10.5 Å². The van der Waals surface area contributed by atoms with Gasteiger partial charge in [0.2, 0.25) is 5.43 Å². The third-order valence-electron chi connectivity index (χ3n) is 5.86. The van der Waals surface area contributed by atoms with Gasteiger partial charge in [-0.25, -0.2) is 4.39 Å². The monoisotopic (exact) mass is 404 g/mol. The molecule has 9 heteroatoms. The average molecular weight is 404 g/mol. The summed E-state index contributed by atoms with van der Waals surface area (Å²) in [5.41, 5.74) is 5.57. The molecule has 3 heterocycles. The number of nitrogens with zero attached hydrogens (tertiary/aromatic N) is 2. The minimum Gasteiger partial charge on any atom is -0.494 e. The van der Waals surface area contributed by atoms with E-state index >= 15 is 4.39 Å². The number of hydrogen-bond acceptors (Lipinski definition) is 6. The van der Waals surface area contributed by atoms with Crippen LogP contribution < -0.4 is 26.4 Å². The lowest BCUT2D eigenvalue weighted by molar-refractivity contribution is 0.412. The largest absolute Gasteiger partial charge is 0.494 e. The van der Waals surface area contributed by atoms with E-state index in [1.165, 1.54) is 7.11 Å². The first-order valence-electron chi connectivity index (χ1n) is 9.46. The Morgan fingerprint density at radius 3 is 2.79 bits per heavy atom. The maximum atomic E-state index is 16.0. The van der Waals surface area contributed by atoms with Crippen molar-refractivity contribution in [2.24, 2.45) is 11.7 Å². The van der Waals surface area contributed by atoms with E-state index in [0.717, 1.165) is 30.8 Å². The standard InChI is InChI=1S/C19H21FN4O3S/c1-27-12-6-11-15(14(20)16(12)23-5-4-9(7-21)8-23)24(10-2-3-10)19-13(17(11)25)18(26)22-28-19/h6,9-10H,2-5,7-8,21H2,1H3,(H,22,26).